The summed E-state index contributed by atoms with van der Waals surface area (Å²) in [5.74, 6) is 0.822. The Morgan fingerprint density at radius 3 is 2.85 bits per heavy atom. The van der Waals surface area contributed by atoms with E-state index in [1.807, 2.05) is 41.8 Å². The van der Waals surface area contributed by atoms with Crippen molar-refractivity contribution in [1.29, 1.82) is 0 Å². The van der Waals surface area contributed by atoms with Gasteiger partial charge in [0.1, 0.15) is 5.75 Å². The Balaban J connectivity index is 1.51. The van der Waals surface area contributed by atoms with Crippen molar-refractivity contribution >= 4 is 33.2 Å². The first kappa shape index (κ1) is 18.6. The fraction of sp³-hybridized carbons (Fsp3) is 0.200. The zero-order valence-corrected chi connectivity index (χ0v) is 16.8. The summed E-state index contributed by atoms with van der Waals surface area (Å²) < 4.78 is 6.12. The first-order chi connectivity index (χ1) is 12.7. The zero-order valence-electron chi connectivity index (χ0n) is 14.4. The van der Waals surface area contributed by atoms with Crippen molar-refractivity contribution in [2.24, 2.45) is 0 Å². The summed E-state index contributed by atoms with van der Waals surface area (Å²) in [6, 6.07) is 11.9. The smallest absolute Gasteiger partial charge is 0.220 e. The van der Waals surface area contributed by atoms with Gasteiger partial charge in [0, 0.05) is 30.1 Å². The van der Waals surface area contributed by atoms with E-state index >= 15 is 0 Å². The Morgan fingerprint density at radius 1 is 1.23 bits per heavy atom. The van der Waals surface area contributed by atoms with Crippen molar-refractivity contribution < 1.29 is 9.53 Å². The molecule has 3 aromatic rings. The van der Waals surface area contributed by atoms with Crippen LogP contribution < -0.4 is 10.1 Å². The van der Waals surface area contributed by atoms with Gasteiger partial charge < -0.3 is 10.1 Å². The second-order valence-corrected chi connectivity index (χ2v) is 7.44. The summed E-state index contributed by atoms with van der Waals surface area (Å²) in [6.45, 7) is 0.505. The molecular formula is C20H19BrN2O2S. The van der Waals surface area contributed by atoms with E-state index in [0.29, 0.717) is 19.4 Å². The third kappa shape index (κ3) is 4.93. The highest BCUT2D eigenvalue weighted by Crippen LogP contribution is 2.26. The number of aryl methyl sites for hydroxylation is 1. The number of amides is 1. The van der Waals surface area contributed by atoms with Gasteiger partial charge in [0.2, 0.25) is 5.91 Å². The van der Waals surface area contributed by atoms with Gasteiger partial charge in [-0.15, -0.1) is 0 Å². The second kappa shape index (κ2) is 8.96. The molecule has 1 aromatic carbocycles. The number of halogens is 1. The number of pyridine rings is 1. The van der Waals surface area contributed by atoms with Gasteiger partial charge in [-0.05, 0) is 69.2 Å². The SMILES string of the molecule is COc1ccc(CCC(=O)NCc2ccnc(-c3ccsc3)c2)cc1Br. The molecule has 3 rings (SSSR count). The number of methoxy groups -OCH3 is 1. The maximum atomic E-state index is 12.1. The topological polar surface area (TPSA) is 51.2 Å². The Labute approximate surface area is 165 Å². The van der Waals surface area contributed by atoms with Crippen LogP contribution in [-0.4, -0.2) is 18.0 Å². The lowest BCUT2D eigenvalue weighted by Crippen LogP contribution is -2.23. The van der Waals surface area contributed by atoms with E-state index < -0.39 is 0 Å². The van der Waals surface area contributed by atoms with Crippen molar-refractivity contribution in [3.63, 3.8) is 0 Å². The highest BCUT2D eigenvalue weighted by atomic mass is 79.9. The number of carbonyl (C=O) groups is 1. The molecule has 134 valence electrons. The molecule has 0 spiro atoms. The monoisotopic (exact) mass is 430 g/mol. The van der Waals surface area contributed by atoms with Gasteiger partial charge in [0.15, 0.2) is 0 Å². The average molecular weight is 431 g/mol. The molecule has 0 atom stereocenters. The number of ether oxygens (including phenoxy) is 1. The standard InChI is InChI=1S/C20H19BrN2O2S/c1-25-19-4-2-14(10-17(19)21)3-5-20(24)23-12-15-6-8-22-18(11-15)16-7-9-26-13-16/h2,4,6-11,13H,3,5,12H2,1H3,(H,23,24). The Morgan fingerprint density at radius 2 is 2.12 bits per heavy atom. The number of rotatable bonds is 7. The minimum atomic E-state index is 0.0332. The Hall–Kier alpha value is -2.18. The van der Waals surface area contributed by atoms with E-state index in [1.165, 1.54) is 0 Å². The van der Waals surface area contributed by atoms with Crippen LogP contribution >= 0.6 is 27.3 Å². The highest BCUT2D eigenvalue weighted by molar-refractivity contribution is 9.10. The fourth-order valence-electron chi connectivity index (χ4n) is 2.56. The molecule has 26 heavy (non-hydrogen) atoms. The van der Waals surface area contributed by atoms with Crippen LogP contribution in [0.3, 0.4) is 0 Å². The Bertz CT molecular complexity index is 881. The molecule has 4 nitrogen and oxygen atoms in total. The maximum Gasteiger partial charge on any atom is 0.220 e. The number of thiophene rings is 1. The van der Waals surface area contributed by atoms with Crippen molar-refractivity contribution in [2.75, 3.05) is 7.11 Å². The number of carbonyl (C=O) groups excluding carboxylic acids is 1. The number of benzene rings is 1. The number of nitrogens with one attached hydrogen (secondary N) is 1. The van der Waals surface area contributed by atoms with E-state index in [1.54, 1.807) is 24.6 Å². The number of nitrogens with zero attached hydrogens (tertiary/aromatic N) is 1. The molecule has 0 aliphatic carbocycles. The van der Waals surface area contributed by atoms with Crippen molar-refractivity contribution in [1.82, 2.24) is 10.3 Å². The molecule has 2 aromatic heterocycles. The van der Waals surface area contributed by atoms with Crippen LogP contribution in [0.5, 0.6) is 5.75 Å². The molecule has 0 aliphatic rings. The minimum Gasteiger partial charge on any atom is -0.496 e. The van der Waals surface area contributed by atoms with E-state index in [4.69, 9.17) is 4.74 Å². The maximum absolute atomic E-state index is 12.1. The van der Waals surface area contributed by atoms with Gasteiger partial charge in [-0.2, -0.15) is 11.3 Å². The van der Waals surface area contributed by atoms with Crippen LogP contribution in [0.1, 0.15) is 17.5 Å². The van der Waals surface area contributed by atoms with Gasteiger partial charge in [-0.3, -0.25) is 9.78 Å². The normalized spacial score (nSPS) is 10.5. The molecule has 6 heteroatoms. The predicted octanol–water partition coefficient (Wildman–Crippen LogP) is 4.83. The van der Waals surface area contributed by atoms with Crippen LogP contribution in [0.4, 0.5) is 0 Å². The molecule has 1 amide bonds. The summed E-state index contributed by atoms with van der Waals surface area (Å²) in [4.78, 5) is 16.5. The summed E-state index contributed by atoms with van der Waals surface area (Å²) >= 11 is 5.11. The molecular weight excluding hydrogens is 412 g/mol. The molecule has 2 heterocycles. The van der Waals surface area contributed by atoms with E-state index in [0.717, 1.165) is 32.6 Å². The van der Waals surface area contributed by atoms with Gasteiger partial charge in [0.25, 0.3) is 0 Å². The molecule has 0 saturated carbocycles. The highest BCUT2D eigenvalue weighted by Gasteiger charge is 2.06. The molecule has 1 N–H and O–H groups in total. The van der Waals surface area contributed by atoms with Crippen molar-refractivity contribution in [3.8, 4) is 17.0 Å². The third-order valence-corrected chi connectivity index (χ3v) is 5.29. The van der Waals surface area contributed by atoms with E-state index in [9.17, 15) is 4.79 Å². The number of hydrogen-bond acceptors (Lipinski definition) is 4. The van der Waals surface area contributed by atoms with Crippen LogP contribution in [0.15, 0.2) is 57.8 Å². The number of hydrogen-bond donors (Lipinski definition) is 1. The predicted molar refractivity (Wildman–Crippen MR) is 108 cm³/mol. The molecule has 0 bridgehead atoms. The average Bonchev–Trinajstić information content (AvgIpc) is 3.20. The summed E-state index contributed by atoms with van der Waals surface area (Å²) in [5.41, 5.74) is 4.17. The Kier molecular flexibility index (Phi) is 6.41. The molecule has 0 fully saturated rings. The fourth-order valence-corrected chi connectivity index (χ4v) is 3.80. The second-order valence-electron chi connectivity index (χ2n) is 5.81. The largest absolute Gasteiger partial charge is 0.496 e. The molecule has 0 saturated heterocycles. The zero-order chi connectivity index (χ0) is 18.4. The molecule has 0 unspecified atom stereocenters. The third-order valence-electron chi connectivity index (χ3n) is 3.99. The van der Waals surface area contributed by atoms with Crippen molar-refractivity contribution in [3.05, 3.63) is 69.0 Å². The van der Waals surface area contributed by atoms with Gasteiger partial charge in [-0.25, -0.2) is 0 Å². The van der Waals surface area contributed by atoms with Crippen LogP contribution in [0.25, 0.3) is 11.3 Å². The lowest BCUT2D eigenvalue weighted by atomic mass is 10.1. The first-order valence-electron chi connectivity index (χ1n) is 8.22. The molecule has 0 aliphatic heterocycles. The van der Waals surface area contributed by atoms with E-state index in [-0.39, 0.29) is 5.91 Å². The summed E-state index contributed by atoms with van der Waals surface area (Å²) in [5, 5.41) is 7.08. The summed E-state index contributed by atoms with van der Waals surface area (Å²) in [7, 11) is 1.64. The molecule has 0 radical (unpaired) electrons. The van der Waals surface area contributed by atoms with E-state index in [2.05, 4.69) is 31.6 Å². The number of aromatic nitrogens is 1. The first-order valence-corrected chi connectivity index (χ1v) is 9.96. The lowest BCUT2D eigenvalue weighted by Gasteiger charge is -2.08. The van der Waals surface area contributed by atoms with Gasteiger partial charge in [-0.1, -0.05) is 6.07 Å². The minimum absolute atomic E-state index is 0.0332. The lowest BCUT2D eigenvalue weighted by molar-refractivity contribution is -0.121. The summed E-state index contributed by atoms with van der Waals surface area (Å²) in [6.07, 6.45) is 2.91. The van der Waals surface area contributed by atoms with Crippen LogP contribution in [0.2, 0.25) is 0 Å². The quantitative estimate of drug-likeness (QED) is 0.583. The van der Waals surface area contributed by atoms with Gasteiger partial charge in [0.05, 0.1) is 17.3 Å². The van der Waals surface area contributed by atoms with Gasteiger partial charge >= 0.3 is 0 Å². The van der Waals surface area contributed by atoms with Crippen LogP contribution in [-0.2, 0) is 17.8 Å². The van der Waals surface area contributed by atoms with Crippen molar-refractivity contribution in [2.45, 2.75) is 19.4 Å². The van der Waals surface area contributed by atoms with Crippen LogP contribution in [0, 0.1) is 0 Å².